The van der Waals surface area contributed by atoms with E-state index < -0.39 is 0 Å². The fourth-order valence-electron chi connectivity index (χ4n) is 2.24. The Morgan fingerprint density at radius 1 is 1.25 bits per heavy atom. The van der Waals surface area contributed by atoms with Crippen molar-refractivity contribution in [3.63, 3.8) is 0 Å². The van der Waals surface area contributed by atoms with Crippen molar-refractivity contribution >= 4 is 38.9 Å². The molecule has 24 heavy (non-hydrogen) atoms. The summed E-state index contributed by atoms with van der Waals surface area (Å²) >= 11 is 7.35. The second-order valence-corrected chi connectivity index (χ2v) is 7.30. The summed E-state index contributed by atoms with van der Waals surface area (Å²) in [6, 6.07) is 8.93. The summed E-state index contributed by atoms with van der Waals surface area (Å²) in [6.45, 7) is 4.04. The van der Waals surface area contributed by atoms with Gasteiger partial charge in [0.1, 0.15) is 5.78 Å². The van der Waals surface area contributed by atoms with Crippen LogP contribution in [-0.4, -0.2) is 21.0 Å². The Hall–Kier alpha value is -2.05. The highest BCUT2D eigenvalue weighted by Crippen LogP contribution is 2.32. The number of ether oxygens (including phenoxy) is 1. The van der Waals surface area contributed by atoms with Crippen LogP contribution in [0.3, 0.4) is 0 Å². The molecule has 7 heteroatoms. The zero-order valence-electron chi connectivity index (χ0n) is 13.3. The highest BCUT2D eigenvalue weighted by Gasteiger charge is 2.10. The number of carbonyl (C=O) groups is 1. The lowest BCUT2D eigenvalue weighted by Gasteiger charge is -2.04. The number of carbonyl (C=O) groups excluding carboxylic acids is 1. The fraction of sp³-hybridized carbons (Fsp3) is 0.294. The summed E-state index contributed by atoms with van der Waals surface area (Å²) in [4.78, 5) is 16.2. The summed E-state index contributed by atoms with van der Waals surface area (Å²) in [5.41, 5.74) is 1.47. The fourth-order valence-corrected chi connectivity index (χ4v) is 3.34. The first-order valence-electron chi connectivity index (χ1n) is 7.58. The predicted octanol–water partition coefficient (Wildman–Crippen LogP) is 4.69. The molecule has 5 nitrogen and oxygen atoms in total. The lowest BCUT2D eigenvalue weighted by molar-refractivity contribution is -0.119. The minimum Gasteiger partial charge on any atom is -0.410 e. The van der Waals surface area contributed by atoms with E-state index >= 15 is 0 Å². The second-order valence-electron chi connectivity index (χ2n) is 5.87. The lowest BCUT2D eigenvalue weighted by atomic mass is 10.0. The number of thiazole rings is 1. The molecule has 0 atom stereocenters. The first-order chi connectivity index (χ1) is 11.5. The topological polar surface area (TPSA) is 65.0 Å². The number of Topliss-reactive ketones (excluding diaryl/α,β-unsaturated/α-hetero) is 1. The molecular weight excluding hydrogens is 346 g/mol. The number of hydrogen-bond acceptors (Lipinski definition) is 6. The number of ketones is 1. The van der Waals surface area contributed by atoms with Gasteiger partial charge in [0, 0.05) is 17.5 Å². The Morgan fingerprint density at radius 2 is 2.08 bits per heavy atom. The van der Waals surface area contributed by atoms with Gasteiger partial charge in [-0.15, -0.1) is 5.10 Å². The molecule has 0 aliphatic heterocycles. The molecule has 0 saturated carbocycles. The highest BCUT2D eigenvalue weighted by molar-refractivity contribution is 7.20. The van der Waals surface area contributed by atoms with Crippen molar-refractivity contribution in [2.24, 2.45) is 5.92 Å². The van der Waals surface area contributed by atoms with Crippen molar-refractivity contribution in [2.45, 2.75) is 26.7 Å². The predicted molar refractivity (Wildman–Crippen MR) is 94.9 cm³/mol. The van der Waals surface area contributed by atoms with E-state index in [1.165, 1.54) is 11.3 Å². The Kier molecular flexibility index (Phi) is 5.06. The molecule has 2 aromatic heterocycles. The van der Waals surface area contributed by atoms with Gasteiger partial charge in [0.25, 0.3) is 5.19 Å². The van der Waals surface area contributed by atoms with E-state index in [2.05, 4.69) is 15.2 Å². The molecule has 0 radical (unpaired) electrons. The van der Waals surface area contributed by atoms with Gasteiger partial charge in [0.2, 0.25) is 5.88 Å². The zero-order valence-corrected chi connectivity index (χ0v) is 14.9. The van der Waals surface area contributed by atoms with Gasteiger partial charge in [-0.2, -0.15) is 5.10 Å². The van der Waals surface area contributed by atoms with Crippen LogP contribution in [0.4, 0.5) is 0 Å². The molecule has 1 aromatic carbocycles. The third kappa shape index (κ3) is 4.27. The molecule has 0 bridgehead atoms. The molecule has 0 aliphatic rings. The first kappa shape index (κ1) is 16.8. The third-order valence-electron chi connectivity index (χ3n) is 3.23. The molecule has 3 rings (SSSR count). The Morgan fingerprint density at radius 3 is 2.79 bits per heavy atom. The van der Waals surface area contributed by atoms with Gasteiger partial charge < -0.3 is 4.74 Å². The maximum atomic E-state index is 11.8. The number of hydrogen-bond donors (Lipinski definition) is 0. The first-order valence-corrected chi connectivity index (χ1v) is 8.77. The van der Waals surface area contributed by atoms with Gasteiger partial charge in [-0.3, -0.25) is 4.79 Å². The average Bonchev–Trinajstić information content (AvgIpc) is 2.89. The number of rotatable bonds is 6. The van der Waals surface area contributed by atoms with Gasteiger partial charge in [0.05, 0.1) is 22.3 Å². The third-order valence-corrected chi connectivity index (χ3v) is 4.36. The van der Waals surface area contributed by atoms with E-state index in [0.29, 0.717) is 40.5 Å². The molecular formula is C17H16ClN3O2S. The second kappa shape index (κ2) is 7.23. The molecule has 0 aliphatic carbocycles. The van der Waals surface area contributed by atoms with Gasteiger partial charge >= 0.3 is 0 Å². The number of fused-ring (bicyclic) bond motifs is 1. The molecule has 3 aromatic rings. The van der Waals surface area contributed by atoms with E-state index in [-0.39, 0.29) is 5.78 Å². The van der Waals surface area contributed by atoms with Gasteiger partial charge in [-0.1, -0.05) is 36.8 Å². The Bertz CT molecular complexity index is 862. The monoisotopic (exact) mass is 361 g/mol. The van der Waals surface area contributed by atoms with Crippen molar-refractivity contribution < 1.29 is 9.53 Å². The van der Waals surface area contributed by atoms with Crippen LogP contribution in [0.2, 0.25) is 5.02 Å². The van der Waals surface area contributed by atoms with Crippen LogP contribution in [0.25, 0.3) is 10.2 Å². The standard InChI is InChI=1S/C17H16ClN3O2S/c1-10(2)7-13(22)9-12-4-6-16(21-20-12)23-17-19-14-5-3-11(18)8-15(14)24-17/h3-6,8,10H,7,9H2,1-2H3. The Balaban J connectivity index is 1.67. The largest absolute Gasteiger partial charge is 0.410 e. The SMILES string of the molecule is CC(C)CC(=O)Cc1ccc(Oc2nc3ccc(Cl)cc3s2)nn1. The summed E-state index contributed by atoms with van der Waals surface area (Å²) in [7, 11) is 0. The van der Waals surface area contributed by atoms with E-state index in [1.54, 1.807) is 18.2 Å². The van der Waals surface area contributed by atoms with Crippen molar-refractivity contribution in [1.29, 1.82) is 0 Å². The lowest BCUT2D eigenvalue weighted by Crippen LogP contribution is -2.08. The van der Waals surface area contributed by atoms with Crippen molar-refractivity contribution in [2.75, 3.05) is 0 Å². The van der Waals surface area contributed by atoms with Gasteiger partial charge in [-0.25, -0.2) is 4.98 Å². The number of halogens is 1. The molecule has 0 spiro atoms. The molecule has 0 N–H and O–H groups in total. The average molecular weight is 362 g/mol. The van der Waals surface area contributed by atoms with E-state index in [1.807, 2.05) is 26.0 Å². The number of nitrogens with zero attached hydrogens (tertiary/aromatic N) is 3. The summed E-state index contributed by atoms with van der Waals surface area (Å²) < 4.78 is 6.58. The maximum absolute atomic E-state index is 11.8. The number of aromatic nitrogens is 3. The molecule has 0 saturated heterocycles. The summed E-state index contributed by atoms with van der Waals surface area (Å²) in [6.07, 6.45) is 0.847. The highest BCUT2D eigenvalue weighted by atomic mass is 35.5. The molecule has 0 amide bonds. The quantitative estimate of drug-likeness (QED) is 0.637. The maximum Gasteiger partial charge on any atom is 0.281 e. The van der Waals surface area contributed by atoms with Gasteiger partial charge in [-0.05, 0) is 30.2 Å². The summed E-state index contributed by atoms with van der Waals surface area (Å²) in [5.74, 6) is 0.858. The zero-order chi connectivity index (χ0) is 17.1. The van der Waals surface area contributed by atoms with Crippen molar-refractivity contribution in [1.82, 2.24) is 15.2 Å². The van der Waals surface area contributed by atoms with Crippen LogP contribution in [0.1, 0.15) is 26.0 Å². The van der Waals surface area contributed by atoms with Gasteiger partial charge in [0.15, 0.2) is 0 Å². The van der Waals surface area contributed by atoms with E-state index in [9.17, 15) is 4.79 Å². The van der Waals surface area contributed by atoms with Crippen LogP contribution >= 0.6 is 22.9 Å². The smallest absolute Gasteiger partial charge is 0.281 e. The van der Waals surface area contributed by atoms with Crippen LogP contribution in [0, 0.1) is 5.92 Å². The summed E-state index contributed by atoms with van der Waals surface area (Å²) in [5, 5.41) is 9.20. The Labute approximate surface area is 148 Å². The van der Waals surface area contributed by atoms with E-state index in [0.717, 1.165) is 10.2 Å². The van der Waals surface area contributed by atoms with Crippen LogP contribution < -0.4 is 4.74 Å². The normalized spacial score (nSPS) is 11.2. The minimum absolute atomic E-state index is 0.163. The van der Waals surface area contributed by atoms with E-state index in [4.69, 9.17) is 16.3 Å². The van der Waals surface area contributed by atoms with Crippen LogP contribution in [-0.2, 0) is 11.2 Å². The van der Waals surface area contributed by atoms with Crippen molar-refractivity contribution in [3.8, 4) is 11.1 Å². The van der Waals surface area contributed by atoms with Crippen LogP contribution in [0.5, 0.6) is 11.1 Å². The molecule has 2 heterocycles. The molecule has 124 valence electrons. The molecule has 0 unspecified atom stereocenters. The van der Waals surface area contributed by atoms with Crippen molar-refractivity contribution in [3.05, 3.63) is 41.0 Å². The van der Waals surface area contributed by atoms with Crippen LogP contribution in [0.15, 0.2) is 30.3 Å². The number of benzene rings is 1. The minimum atomic E-state index is 0.163. The molecule has 0 fully saturated rings.